The van der Waals surface area contributed by atoms with Crippen molar-refractivity contribution in [2.45, 2.75) is 25.5 Å². The molecular formula is C24H21NO4. The molecule has 5 nitrogen and oxygen atoms in total. The summed E-state index contributed by atoms with van der Waals surface area (Å²) in [4.78, 5) is 27.3. The molecule has 2 aromatic carbocycles. The van der Waals surface area contributed by atoms with Gasteiger partial charge in [-0.1, -0.05) is 42.5 Å². The average Bonchev–Trinajstić information content (AvgIpc) is 3.30. The van der Waals surface area contributed by atoms with E-state index in [0.29, 0.717) is 23.6 Å². The Labute approximate surface area is 168 Å². The van der Waals surface area contributed by atoms with Crippen molar-refractivity contribution in [1.82, 2.24) is 0 Å². The number of furan rings is 1. The third-order valence-electron chi connectivity index (χ3n) is 5.24. The summed E-state index contributed by atoms with van der Waals surface area (Å²) in [6, 6.07) is 18.3. The van der Waals surface area contributed by atoms with Gasteiger partial charge < -0.3 is 14.4 Å². The van der Waals surface area contributed by atoms with Crippen molar-refractivity contribution >= 4 is 23.5 Å². The maximum Gasteiger partial charge on any atom is 0.264 e. The van der Waals surface area contributed by atoms with Crippen molar-refractivity contribution in [3.8, 4) is 0 Å². The van der Waals surface area contributed by atoms with Gasteiger partial charge in [-0.25, -0.2) is 0 Å². The van der Waals surface area contributed by atoms with Crippen LogP contribution >= 0.6 is 0 Å². The smallest absolute Gasteiger partial charge is 0.264 e. The molecule has 1 amide bonds. The molecule has 0 spiro atoms. The van der Waals surface area contributed by atoms with E-state index in [9.17, 15) is 14.7 Å². The molecule has 3 aromatic rings. The van der Waals surface area contributed by atoms with Gasteiger partial charge in [-0.2, -0.15) is 0 Å². The van der Waals surface area contributed by atoms with Gasteiger partial charge in [-0.15, -0.1) is 0 Å². The maximum atomic E-state index is 13.2. The number of nitrogens with zero attached hydrogens (tertiary/aromatic N) is 1. The lowest BCUT2D eigenvalue weighted by Gasteiger charge is -2.23. The highest BCUT2D eigenvalue weighted by Crippen LogP contribution is 2.43. The molecule has 1 aliphatic rings. The minimum absolute atomic E-state index is 0.329. The number of ketones is 1. The zero-order chi connectivity index (χ0) is 20.4. The van der Waals surface area contributed by atoms with Gasteiger partial charge in [0.2, 0.25) is 0 Å². The number of carbonyl (C=O) groups is 2. The third-order valence-corrected chi connectivity index (χ3v) is 5.24. The van der Waals surface area contributed by atoms with E-state index in [1.807, 2.05) is 37.3 Å². The van der Waals surface area contributed by atoms with Gasteiger partial charge in [-0.3, -0.25) is 9.59 Å². The Morgan fingerprint density at radius 3 is 2.62 bits per heavy atom. The minimum atomic E-state index is -1.89. The molecule has 146 valence electrons. The van der Waals surface area contributed by atoms with Gasteiger partial charge in [0.1, 0.15) is 5.76 Å². The number of aliphatic hydroxyl groups is 1. The van der Waals surface area contributed by atoms with Crippen LogP contribution in [0.1, 0.15) is 28.9 Å². The molecule has 2 heterocycles. The summed E-state index contributed by atoms with van der Waals surface area (Å²) >= 11 is 0. The highest BCUT2D eigenvalue weighted by Gasteiger charge is 2.50. The zero-order valence-corrected chi connectivity index (χ0v) is 16.0. The molecule has 4 rings (SSSR count). The zero-order valence-electron chi connectivity index (χ0n) is 16.0. The first-order valence-corrected chi connectivity index (χ1v) is 9.42. The number of fused-ring (bicyclic) bond motifs is 1. The van der Waals surface area contributed by atoms with Gasteiger partial charge in [0.25, 0.3) is 5.91 Å². The molecule has 0 unspecified atom stereocenters. The third kappa shape index (κ3) is 3.52. The van der Waals surface area contributed by atoms with Crippen molar-refractivity contribution in [2.75, 3.05) is 4.90 Å². The number of para-hydroxylation sites is 1. The van der Waals surface area contributed by atoms with E-state index in [1.165, 1.54) is 18.4 Å². The summed E-state index contributed by atoms with van der Waals surface area (Å²) in [6.45, 7) is 2.32. The van der Waals surface area contributed by atoms with Crippen LogP contribution in [0.25, 0.3) is 6.08 Å². The predicted molar refractivity (Wildman–Crippen MR) is 110 cm³/mol. The highest BCUT2D eigenvalue weighted by atomic mass is 16.3. The molecule has 0 fully saturated rings. The monoisotopic (exact) mass is 387 g/mol. The predicted octanol–water partition coefficient (Wildman–Crippen LogP) is 4.00. The summed E-state index contributed by atoms with van der Waals surface area (Å²) in [5.41, 5.74) is 1.25. The van der Waals surface area contributed by atoms with Crippen LogP contribution in [0.4, 0.5) is 5.69 Å². The van der Waals surface area contributed by atoms with Crippen molar-refractivity contribution in [3.63, 3.8) is 0 Å². The second-order valence-electron chi connectivity index (χ2n) is 7.19. The van der Waals surface area contributed by atoms with Gasteiger partial charge in [0, 0.05) is 5.56 Å². The molecule has 1 aliphatic heterocycles. The largest absolute Gasteiger partial charge is 0.465 e. The first-order valence-electron chi connectivity index (χ1n) is 9.42. The fourth-order valence-corrected chi connectivity index (χ4v) is 3.66. The Balaban J connectivity index is 1.63. The van der Waals surface area contributed by atoms with Crippen LogP contribution in [0.5, 0.6) is 0 Å². The van der Waals surface area contributed by atoms with Gasteiger partial charge in [0.15, 0.2) is 11.4 Å². The summed E-state index contributed by atoms with van der Waals surface area (Å²) < 4.78 is 5.17. The Morgan fingerprint density at radius 2 is 1.86 bits per heavy atom. The van der Waals surface area contributed by atoms with Gasteiger partial charge >= 0.3 is 0 Å². The number of aryl methyl sites for hydroxylation is 1. The molecular weight excluding hydrogens is 366 g/mol. The van der Waals surface area contributed by atoms with Crippen LogP contribution in [0.3, 0.4) is 0 Å². The van der Waals surface area contributed by atoms with E-state index < -0.39 is 11.5 Å². The number of hydrogen-bond donors (Lipinski definition) is 1. The van der Waals surface area contributed by atoms with Crippen LogP contribution < -0.4 is 4.90 Å². The quantitative estimate of drug-likeness (QED) is 0.649. The summed E-state index contributed by atoms with van der Waals surface area (Å²) in [5, 5.41) is 11.3. The first-order chi connectivity index (χ1) is 14.0. The standard InChI is InChI=1S/C24H21NO4/c1-17-7-2-3-8-18(17)16-25-22-11-5-4-10-21(22)24(28,23(25)27)15-19(26)12-13-20-9-6-14-29-20/h2-14,28H,15-16H2,1H3/b13-12-/t24-/m0/s1. The van der Waals surface area contributed by atoms with Crippen molar-refractivity contribution < 1.29 is 19.1 Å². The van der Waals surface area contributed by atoms with E-state index >= 15 is 0 Å². The fraction of sp³-hybridized carbons (Fsp3) is 0.167. The second-order valence-corrected chi connectivity index (χ2v) is 7.19. The van der Waals surface area contributed by atoms with Crippen molar-refractivity contribution in [1.29, 1.82) is 0 Å². The second kappa shape index (κ2) is 7.53. The molecule has 1 N–H and O–H groups in total. The normalized spacial score (nSPS) is 18.4. The lowest BCUT2D eigenvalue weighted by atomic mass is 9.90. The number of amides is 1. The molecule has 29 heavy (non-hydrogen) atoms. The molecule has 0 saturated heterocycles. The lowest BCUT2D eigenvalue weighted by molar-refractivity contribution is -0.140. The Kier molecular flexibility index (Phi) is 4.91. The lowest BCUT2D eigenvalue weighted by Crippen LogP contribution is -2.41. The van der Waals surface area contributed by atoms with Crippen LogP contribution in [0.15, 0.2) is 77.4 Å². The number of benzene rings is 2. The first kappa shape index (κ1) is 18.9. The molecule has 5 heteroatoms. The van der Waals surface area contributed by atoms with E-state index in [2.05, 4.69) is 0 Å². The van der Waals surface area contributed by atoms with Crippen LogP contribution in [-0.2, 0) is 21.7 Å². The summed E-state index contributed by atoms with van der Waals surface area (Å²) in [5.74, 6) is -0.309. The molecule has 1 atom stereocenters. The Morgan fingerprint density at radius 1 is 1.10 bits per heavy atom. The molecule has 0 bridgehead atoms. The Hall–Kier alpha value is -3.44. The topological polar surface area (TPSA) is 70.8 Å². The van der Waals surface area contributed by atoms with Crippen LogP contribution in [0.2, 0.25) is 0 Å². The van der Waals surface area contributed by atoms with E-state index in [0.717, 1.165) is 11.1 Å². The molecule has 1 aromatic heterocycles. The van der Waals surface area contributed by atoms with E-state index in [4.69, 9.17) is 4.42 Å². The summed E-state index contributed by atoms with van der Waals surface area (Å²) in [6.07, 6.45) is 4.04. The SMILES string of the molecule is Cc1ccccc1CN1C(=O)[C@](O)(CC(=O)/C=C\c2ccco2)c2ccccc21. The molecule has 0 radical (unpaired) electrons. The number of carbonyl (C=O) groups excluding carboxylic acids is 2. The maximum absolute atomic E-state index is 13.2. The molecule has 0 saturated carbocycles. The fourth-order valence-electron chi connectivity index (χ4n) is 3.66. The van der Waals surface area contributed by atoms with E-state index in [-0.39, 0.29) is 12.2 Å². The van der Waals surface area contributed by atoms with Gasteiger partial charge in [-0.05, 0) is 48.4 Å². The number of rotatable bonds is 6. The summed E-state index contributed by atoms with van der Waals surface area (Å²) in [7, 11) is 0. The number of anilines is 1. The van der Waals surface area contributed by atoms with Crippen molar-refractivity contribution in [3.05, 3.63) is 95.5 Å². The Bertz CT molecular complexity index is 1080. The average molecular weight is 387 g/mol. The van der Waals surface area contributed by atoms with Crippen LogP contribution in [-0.4, -0.2) is 16.8 Å². The van der Waals surface area contributed by atoms with Crippen molar-refractivity contribution in [2.24, 2.45) is 0 Å². The van der Waals surface area contributed by atoms with Crippen LogP contribution in [0, 0.1) is 6.92 Å². The highest BCUT2D eigenvalue weighted by molar-refractivity contribution is 6.10. The number of hydrogen-bond acceptors (Lipinski definition) is 4. The minimum Gasteiger partial charge on any atom is -0.465 e. The number of allylic oxidation sites excluding steroid dienone is 1. The van der Waals surface area contributed by atoms with Gasteiger partial charge in [0.05, 0.1) is 24.9 Å². The van der Waals surface area contributed by atoms with E-state index in [1.54, 1.807) is 35.2 Å². The molecule has 0 aliphatic carbocycles.